The minimum Gasteiger partial charge on any atom is -0.382 e. The Balaban J connectivity index is 1.64. The molecule has 0 saturated heterocycles. The highest BCUT2D eigenvalue weighted by Crippen LogP contribution is 2.40. The Morgan fingerprint density at radius 1 is 1.15 bits per heavy atom. The Kier molecular flexibility index (Phi) is 3.79. The highest BCUT2D eigenvalue weighted by Gasteiger charge is 2.31. The number of hydrogen-bond acceptors (Lipinski definition) is 1. The summed E-state index contributed by atoms with van der Waals surface area (Å²) < 4.78 is 14.8. The number of rotatable bonds is 3. The lowest BCUT2D eigenvalue weighted by atomic mass is 9.75. The first-order valence-electron chi connectivity index (χ1n) is 6.90. The van der Waals surface area contributed by atoms with Crippen LogP contribution in [0.1, 0.15) is 29.9 Å². The molecule has 0 unspecified atom stereocenters. The van der Waals surface area contributed by atoms with E-state index in [1.165, 1.54) is 5.56 Å². The van der Waals surface area contributed by atoms with Crippen LogP contribution in [0.4, 0.5) is 10.1 Å². The lowest BCUT2D eigenvalue weighted by Crippen LogP contribution is -2.34. The molecule has 0 bridgehead atoms. The van der Waals surface area contributed by atoms with Crippen LogP contribution in [-0.2, 0) is 0 Å². The van der Waals surface area contributed by atoms with E-state index in [2.05, 4.69) is 40.3 Å². The van der Waals surface area contributed by atoms with E-state index in [1.807, 2.05) is 18.2 Å². The van der Waals surface area contributed by atoms with E-state index in [0.29, 0.717) is 12.0 Å². The van der Waals surface area contributed by atoms with Gasteiger partial charge < -0.3 is 5.32 Å². The van der Waals surface area contributed by atoms with Crippen LogP contribution >= 0.6 is 15.9 Å². The molecule has 0 spiro atoms. The predicted molar refractivity (Wildman–Crippen MR) is 84.7 cm³/mol. The Bertz CT molecular complexity index is 620. The standard InChI is InChI=1S/C17H17BrFN/c1-11-6-7-13(18)10-17(11)20-14-8-12(9-14)15-4-2-3-5-16(15)19/h2-7,10,12,14,20H,8-9H2,1H3. The fraction of sp³-hybridized carbons (Fsp3) is 0.294. The molecule has 2 aromatic carbocycles. The fourth-order valence-electron chi connectivity index (χ4n) is 2.77. The Morgan fingerprint density at radius 2 is 1.90 bits per heavy atom. The molecule has 1 N–H and O–H groups in total. The van der Waals surface area contributed by atoms with Crippen molar-refractivity contribution in [2.45, 2.75) is 31.7 Å². The van der Waals surface area contributed by atoms with Crippen molar-refractivity contribution in [1.82, 2.24) is 0 Å². The van der Waals surface area contributed by atoms with E-state index < -0.39 is 0 Å². The second-order valence-corrected chi connectivity index (χ2v) is 6.41. The van der Waals surface area contributed by atoms with E-state index in [1.54, 1.807) is 12.1 Å². The number of hydrogen-bond donors (Lipinski definition) is 1. The summed E-state index contributed by atoms with van der Waals surface area (Å²) in [6.07, 6.45) is 1.99. The van der Waals surface area contributed by atoms with E-state index in [4.69, 9.17) is 0 Å². The number of anilines is 1. The summed E-state index contributed by atoms with van der Waals surface area (Å²) in [6, 6.07) is 13.8. The first-order chi connectivity index (χ1) is 9.63. The van der Waals surface area contributed by atoms with Crippen LogP contribution in [0.2, 0.25) is 0 Å². The Labute approximate surface area is 127 Å². The molecule has 0 aromatic heterocycles. The van der Waals surface area contributed by atoms with Gasteiger partial charge >= 0.3 is 0 Å². The second kappa shape index (κ2) is 5.57. The van der Waals surface area contributed by atoms with Crippen molar-refractivity contribution in [3.8, 4) is 0 Å². The van der Waals surface area contributed by atoms with E-state index in [-0.39, 0.29) is 5.82 Å². The van der Waals surface area contributed by atoms with Gasteiger partial charge in [-0.05, 0) is 55.0 Å². The molecule has 20 heavy (non-hydrogen) atoms. The predicted octanol–water partition coefficient (Wildman–Crippen LogP) is 5.25. The van der Waals surface area contributed by atoms with Gasteiger partial charge in [-0.3, -0.25) is 0 Å². The van der Waals surface area contributed by atoms with Crippen LogP contribution in [0, 0.1) is 12.7 Å². The molecule has 1 aliphatic rings. The number of aryl methyl sites for hydroxylation is 1. The molecule has 0 heterocycles. The SMILES string of the molecule is Cc1ccc(Br)cc1NC1CC(c2ccccc2F)C1. The van der Waals surface area contributed by atoms with Crippen molar-refractivity contribution in [1.29, 1.82) is 0 Å². The van der Waals surface area contributed by atoms with Crippen molar-refractivity contribution in [3.63, 3.8) is 0 Å². The van der Waals surface area contributed by atoms with Gasteiger partial charge in [-0.1, -0.05) is 40.2 Å². The fourth-order valence-corrected chi connectivity index (χ4v) is 3.13. The molecular weight excluding hydrogens is 317 g/mol. The molecule has 0 aliphatic heterocycles. The lowest BCUT2D eigenvalue weighted by Gasteiger charge is -2.37. The Hall–Kier alpha value is -1.35. The average molecular weight is 334 g/mol. The molecule has 104 valence electrons. The maximum atomic E-state index is 13.7. The van der Waals surface area contributed by atoms with Crippen molar-refractivity contribution in [3.05, 3.63) is 63.9 Å². The van der Waals surface area contributed by atoms with Crippen LogP contribution in [0.15, 0.2) is 46.9 Å². The second-order valence-electron chi connectivity index (χ2n) is 5.49. The topological polar surface area (TPSA) is 12.0 Å². The van der Waals surface area contributed by atoms with Gasteiger partial charge in [0.15, 0.2) is 0 Å². The van der Waals surface area contributed by atoms with Crippen molar-refractivity contribution in [2.75, 3.05) is 5.32 Å². The highest BCUT2D eigenvalue weighted by molar-refractivity contribution is 9.10. The minimum absolute atomic E-state index is 0.0745. The van der Waals surface area contributed by atoms with Gasteiger partial charge in [0.2, 0.25) is 0 Å². The zero-order chi connectivity index (χ0) is 14.1. The number of benzene rings is 2. The summed E-state index contributed by atoms with van der Waals surface area (Å²) in [7, 11) is 0. The van der Waals surface area contributed by atoms with Gasteiger partial charge in [0.25, 0.3) is 0 Å². The van der Waals surface area contributed by atoms with Crippen LogP contribution < -0.4 is 5.32 Å². The molecule has 1 nitrogen and oxygen atoms in total. The van der Waals surface area contributed by atoms with Gasteiger partial charge in [-0.25, -0.2) is 4.39 Å². The van der Waals surface area contributed by atoms with E-state index in [9.17, 15) is 4.39 Å². The van der Waals surface area contributed by atoms with Crippen molar-refractivity contribution in [2.24, 2.45) is 0 Å². The van der Waals surface area contributed by atoms with Gasteiger partial charge in [-0.15, -0.1) is 0 Å². The van der Waals surface area contributed by atoms with Gasteiger partial charge in [0.05, 0.1) is 0 Å². The molecule has 1 aliphatic carbocycles. The van der Waals surface area contributed by atoms with Crippen LogP contribution in [0.25, 0.3) is 0 Å². The smallest absolute Gasteiger partial charge is 0.126 e. The summed E-state index contributed by atoms with van der Waals surface area (Å²) in [5.41, 5.74) is 3.26. The van der Waals surface area contributed by atoms with Gasteiger partial charge in [0.1, 0.15) is 5.82 Å². The summed E-state index contributed by atoms with van der Waals surface area (Å²) in [6.45, 7) is 2.10. The minimum atomic E-state index is -0.0745. The zero-order valence-electron chi connectivity index (χ0n) is 11.4. The zero-order valence-corrected chi connectivity index (χ0v) is 13.0. The quantitative estimate of drug-likeness (QED) is 0.808. The highest BCUT2D eigenvalue weighted by atomic mass is 79.9. The van der Waals surface area contributed by atoms with Gasteiger partial charge in [0, 0.05) is 16.2 Å². The first-order valence-corrected chi connectivity index (χ1v) is 7.70. The Morgan fingerprint density at radius 3 is 2.65 bits per heavy atom. The molecule has 0 radical (unpaired) electrons. The molecule has 3 rings (SSSR count). The lowest BCUT2D eigenvalue weighted by molar-refractivity contribution is 0.363. The molecule has 1 fully saturated rings. The summed E-state index contributed by atoms with van der Waals surface area (Å²) in [4.78, 5) is 0. The molecule has 1 saturated carbocycles. The third-order valence-electron chi connectivity index (χ3n) is 4.04. The monoisotopic (exact) mass is 333 g/mol. The van der Waals surface area contributed by atoms with Crippen molar-refractivity contribution < 1.29 is 4.39 Å². The third-order valence-corrected chi connectivity index (χ3v) is 4.54. The summed E-state index contributed by atoms with van der Waals surface area (Å²) >= 11 is 3.49. The summed E-state index contributed by atoms with van der Waals surface area (Å²) in [5.74, 6) is 0.274. The summed E-state index contributed by atoms with van der Waals surface area (Å²) in [5, 5.41) is 3.55. The molecular formula is C17H17BrFN. The van der Waals surface area contributed by atoms with E-state index in [0.717, 1.165) is 28.6 Å². The number of nitrogens with one attached hydrogen (secondary N) is 1. The largest absolute Gasteiger partial charge is 0.382 e. The maximum Gasteiger partial charge on any atom is 0.126 e. The van der Waals surface area contributed by atoms with Crippen LogP contribution in [-0.4, -0.2) is 6.04 Å². The molecule has 0 atom stereocenters. The normalized spacial score (nSPS) is 21.4. The van der Waals surface area contributed by atoms with Crippen molar-refractivity contribution >= 4 is 21.6 Å². The van der Waals surface area contributed by atoms with Crippen LogP contribution in [0.3, 0.4) is 0 Å². The van der Waals surface area contributed by atoms with Crippen LogP contribution in [0.5, 0.6) is 0 Å². The average Bonchev–Trinajstić information content (AvgIpc) is 2.38. The van der Waals surface area contributed by atoms with Gasteiger partial charge in [-0.2, -0.15) is 0 Å². The third kappa shape index (κ3) is 2.73. The molecule has 3 heteroatoms. The first kappa shape index (κ1) is 13.6. The van der Waals surface area contributed by atoms with E-state index >= 15 is 0 Å². The molecule has 0 amide bonds. The maximum absolute atomic E-state index is 13.7. The number of halogens is 2. The molecule has 2 aromatic rings.